The molecule has 0 bridgehead atoms. The second-order valence-corrected chi connectivity index (χ2v) is 12.0. The van der Waals surface area contributed by atoms with E-state index in [1.807, 2.05) is 92.7 Å². The highest BCUT2D eigenvalue weighted by atomic mass is 16.8. The lowest BCUT2D eigenvalue weighted by Crippen LogP contribution is -2.37. The molecule has 1 saturated heterocycles. The van der Waals surface area contributed by atoms with Crippen LogP contribution in [0.3, 0.4) is 0 Å². The zero-order chi connectivity index (χ0) is 29.1. The molecular weight excluding hydrogens is 498 g/mol. The van der Waals surface area contributed by atoms with Crippen LogP contribution >= 0.6 is 0 Å². The van der Waals surface area contributed by atoms with Crippen LogP contribution in [0.15, 0.2) is 30.4 Å². The number of fused-ring (bicyclic) bond motifs is 2. The second-order valence-electron chi connectivity index (χ2n) is 12.0. The quantitative estimate of drug-likeness (QED) is 0.359. The van der Waals surface area contributed by atoms with Crippen LogP contribution in [0.4, 0.5) is 10.5 Å². The molecule has 1 amide bonds. The lowest BCUT2D eigenvalue weighted by molar-refractivity contribution is -0.152. The normalized spacial score (nSPS) is 28.9. The lowest BCUT2D eigenvalue weighted by Gasteiger charge is -2.28. The van der Waals surface area contributed by atoms with E-state index in [1.165, 1.54) is 0 Å². The first-order chi connectivity index (χ1) is 18.1. The fourth-order valence-electron chi connectivity index (χ4n) is 4.78. The number of nitrogens with zero attached hydrogens (tertiary/aromatic N) is 1. The number of hydrogen-bond acceptors (Lipinski definition) is 7. The fourth-order valence-corrected chi connectivity index (χ4v) is 4.78. The summed E-state index contributed by atoms with van der Waals surface area (Å²) < 4.78 is 23.7. The van der Waals surface area contributed by atoms with E-state index in [-0.39, 0.29) is 12.0 Å². The molecular formula is C31H45NO7. The van der Waals surface area contributed by atoms with Crippen molar-refractivity contribution in [3.63, 3.8) is 0 Å². The summed E-state index contributed by atoms with van der Waals surface area (Å²) in [6, 6.07) is 3.65. The van der Waals surface area contributed by atoms with Gasteiger partial charge in [0.15, 0.2) is 5.79 Å². The largest absolute Gasteiger partial charge is 0.458 e. The first-order valence-corrected chi connectivity index (χ1v) is 13.9. The maximum absolute atomic E-state index is 13.4. The van der Waals surface area contributed by atoms with Crippen LogP contribution in [-0.4, -0.2) is 59.5 Å². The zero-order valence-corrected chi connectivity index (χ0v) is 24.8. The summed E-state index contributed by atoms with van der Waals surface area (Å²) in [5.74, 6) is -1.42. The third-order valence-electron chi connectivity index (χ3n) is 6.80. The van der Waals surface area contributed by atoms with Gasteiger partial charge in [-0.2, -0.15) is 0 Å². The molecule has 0 saturated carbocycles. The number of carbonyl (C=O) groups excluding carboxylic acids is 2. The number of aliphatic hydroxyl groups is 1. The summed E-state index contributed by atoms with van der Waals surface area (Å²) in [5.41, 5.74) is 1.76. The van der Waals surface area contributed by atoms with Crippen molar-refractivity contribution in [1.82, 2.24) is 0 Å². The summed E-state index contributed by atoms with van der Waals surface area (Å²) in [4.78, 5) is 28.1. The second kappa shape index (κ2) is 12.2. The van der Waals surface area contributed by atoms with Crippen molar-refractivity contribution in [2.75, 3.05) is 11.4 Å². The Kier molecular flexibility index (Phi) is 9.68. The first kappa shape index (κ1) is 30.9. The summed E-state index contributed by atoms with van der Waals surface area (Å²) in [6.45, 7) is 17.2. The van der Waals surface area contributed by atoms with Crippen LogP contribution in [-0.2, 0) is 18.9 Å². The molecule has 216 valence electrons. The van der Waals surface area contributed by atoms with Gasteiger partial charge in [0.1, 0.15) is 23.9 Å². The molecule has 2 aliphatic heterocycles. The van der Waals surface area contributed by atoms with Gasteiger partial charge in [-0.3, -0.25) is 4.90 Å². The van der Waals surface area contributed by atoms with Gasteiger partial charge >= 0.3 is 12.1 Å². The molecule has 5 atom stereocenters. The molecule has 0 aromatic heterocycles. The van der Waals surface area contributed by atoms with Gasteiger partial charge in [0, 0.05) is 18.2 Å². The molecule has 1 N–H and O–H groups in total. The molecule has 8 nitrogen and oxygen atoms in total. The fraction of sp³-hybridized carbons (Fsp3) is 0.613. The smallest absolute Gasteiger partial charge is 0.414 e. The van der Waals surface area contributed by atoms with Crippen molar-refractivity contribution in [2.45, 2.75) is 111 Å². The summed E-state index contributed by atoms with van der Waals surface area (Å²) in [7, 11) is 0. The van der Waals surface area contributed by atoms with Crippen LogP contribution < -0.4 is 4.90 Å². The van der Waals surface area contributed by atoms with Gasteiger partial charge < -0.3 is 24.1 Å². The van der Waals surface area contributed by atoms with E-state index in [0.717, 1.165) is 6.42 Å². The van der Waals surface area contributed by atoms with E-state index in [4.69, 9.17) is 18.9 Å². The first-order valence-electron chi connectivity index (χ1n) is 13.9. The number of benzene rings is 1. The molecule has 1 fully saturated rings. The average molecular weight is 544 g/mol. The lowest BCUT2D eigenvalue weighted by atomic mass is 9.97. The van der Waals surface area contributed by atoms with Crippen molar-refractivity contribution in [1.29, 1.82) is 0 Å². The summed E-state index contributed by atoms with van der Waals surface area (Å²) in [5, 5.41) is 10.9. The maximum atomic E-state index is 13.4. The Hall–Kier alpha value is -2.68. The molecule has 2 aliphatic rings. The average Bonchev–Trinajstić information content (AvgIpc) is 3.12. The van der Waals surface area contributed by atoms with E-state index in [0.29, 0.717) is 35.3 Å². The highest BCUT2D eigenvalue weighted by molar-refractivity contribution is 5.97. The molecule has 39 heavy (non-hydrogen) atoms. The summed E-state index contributed by atoms with van der Waals surface area (Å²) >= 11 is 0. The predicted molar refractivity (Wildman–Crippen MR) is 152 cm³/mol. The Labute approximate surface area is 232 Å². The minimum absolute atomic E-state index is 0.147. The highest BCUT2D eigenvalue weighted by Gasteiger charge is 2.43. The van der Waals surface area contributed by atoms with Crippen LogP contribution in [0.25, 0.3) is 6.08 Å². The molecule has 8 heteroatoms. The van der Waals surface area contributed by atoms with Crippen molar-refractivity contribution in [3.05, 3.63) is 47.1 Å². The van der Waals surface area contributed by atoms with Gasteiger partial charge in [0.25, 0.3) is 0 Å². The Morgan fingerprint density at radius 3 is 2.51 bits per heavy atom. The summed E-state index contributed by atoms with van der Waals surface area (Å²) in [6.07, 6.45) is 5.78. The van der Waals surface area contributed by atoms with Gasteiger partial charge in [0.2, 0.25) is 0 Å². The minimum Gasteiger partial charge on any atom is -0.458 e. The van der Waals surface area contributed by atoms with Crippen molar-refractivity contribution >= 4 is 23.8 Å². The molecule has 3 rings (SSSR count). The molecule has 2 heterocycles. The van der Waals surface area contributed by atoms with Crippen LogP contribution in [0, 0.1) is 12.8 Å². The van der Waals surface area contributed by atoms with Crippen LogP contribution in [0.1, 0.15) is 89.7 Å². The number of aryl methyl sites for hydroxylation is 1. The molecule has 1 aromatic carbocycles. The van der Waals surface area contributed by atoms with Gasteiger partial charge in [-0.1, -0.05) is 38.2 Å². The molecule has 0 spiro atoms. The third-order valence-corrected chi connectivity index (χ3v) is 6.80. The van der Waals surface area contributed by atoms with E-state index in [9.17, 15) is 14.7 Å². The molecule has 0 radical (unpaired) electrons. The Bertz CT molecular complexity index is 1100. The molecule has 1 aromatic rings. The highest BCUT2D eigenvalue weighted by Crippen LogP contribution is 2.34. The van der Waals surface area contributed by atoms with E-state index in [2.05, 4.69) is 0 Å². The number of aliphatic hydroxyl groups excluding tert-OH is 1. The monoisotopic (exact) mass is 543 g/mol. The van der Waals surface area contributed by atoms with Crippen molar-refractivity contribution in [2.24, 2.45) is 5.92 Å². The van der Waals surface area contributed by atoms with Gasteiger partial charge in [-0.15, -0.1) is 0 Å². The van der Waals surface area contributed by atoms with E-state index in [1.54, 1.807) is 11.0 Å². The standard InChI is InChI=1S/C31H45NO7/c1-10-16-32(29(35)39-30(5,6)7)23-17-20(3)26-22(18-23)12-11-13-25-27(38-31(8,9)37-25)24(33)15-14-19(2)21(4)36-28(26)34/h11-12,14-15,17-19,21,24-25,27,33H,10,13,16H2,1-9H3/b12-11+,15-14-/t19-,21+,24-,25+,27-/m1/s1. The minimum atomic E-state index is -0.879. The number of anilines is 1. The predicted octanol–water partition coefficient (Wildman–Crippen LogP) is 6.18. The maximum Gasteiger partial charge on any atom is 0.414 e. The SMILES string of the molecule is CCCN(C(=O)OC(C)(C)C)c1cc(C)c2c(c1)/C=C/C[C@@H]1OC(C)(C)O[C@@H]1[C@H](O)/C=C\[C@@H](C)[C@H](C)OC2=O. The van der Waals surface area contributed by atoms with Gasteiger partial charge in [-0.25, -0.2) is 9.59 Å². The Morgan fingerprint density at radius 1 is 1.18 bits per heavy atom. The molecule has 0 unspecified atom stereocenters. The van der Waals surface area contributed by atoms with Crippen LogP contribution in [0.2, 0.25) is 0 Å². The number of carbonyl (C=O) groups is 2. The number of amides is 1. The van der Waals surface area contributed by atoms with Crippen molar-refractivity contribution in [3.8, 4) is 0 Å². The number of hydrogen-bond donors (Lipinski definition) is 1. The Morgan fingerprint density at radius 2 is 1.87 bits per heavy atom. The zero-order valence-electron chi connectivity index (χ0n) is 24.8. The van der Waals surface area contributed by atoms with E-state index >= 15 is 0 Å². The topological polar surface area (TPSA) is 94.5 Å². The van der Waals surface area contributed by atoms with Crippen LogP contribution in [0.5, 0.6) is 0 Å². The number of esters is 1. The molecule has 0 aliphatic carbocycles. The van der Waals surface area contributed by atoms with Crippen molar-refractivity contribution < 1.29 is 33.6 Å². The number of rotatable bonds is 3. The third kappa shape index (κ3) is 7.93. The Balaban J connectivity index is 2.08. The van der Waals surface area contributed by atoms with Gasteiger partial charge in [0.05, 0.1) is 11.7 Å². The van der Waals surface area contributed by atoms with E-state index < -0.39 is 41.8 Å². The number of cyclic esters (lactones) is 1. The number of ether oxygens (including phenoxy) is 4. The van der Waals surface area contributed by atoms with Gasteiger partial charge in [-0.05, 0) is 84.6 Å².